The van der Waals surface area contributed by atoms with E-state index in [-0.39, 0.29) is 24.0 Å². The molecule has 8 heteroatoms. The molecule has 27 heavy (non-hydrogen) atoms. The third-order valence-electron chi connectivity index (χ3n) is 5.14. The number of hydrogen-bond acceptors (Lipinski definition) is 5. The lowest BCUT2D eigenvalue weighted by atomic mass is 10.1. The predicted molar refractivity (Wildman–Crippen MR) is 122 cm³/mol. The van der Waals surface area contributed by atoms with Crippen molar-refractivity contribution < 1.29 is 9.47 Å². The first-order valence-electron chi connectivity index (χ1n) is 10.2. The summed E-state index contributed by atoms with van der Waals surface area (Å²) in [5.41, 5.74) is 0. The number of piperazine rings is 1. The number of likely N-dealkylation sites (N-methyl/N-ethyl adjacent to an activating group) is 1. The van der Waals surface area contributed by atoms with E-state index in [2.05, 4.69) is 39.4 Å². The number of rotatable bonds is 10. The van der Waals surface area contributed by atoms with Crippen LogP contribution in [0.25, 0.3) is 0 Å². The average molecular weight is 497 g/mol. The van der Waals surface area contributed by atoms with E-state index in [1.165, 1.54) is 26.2 Å². The van der Waals surface area contributed by atoms with Crippen molar-refractivity contribution in [1.29, 1.82) is 0 Å². The Labute approximate surface area is 182 Å². The molecular weight excluding hydrogens is 457 g/mol. The highest BCUT2D eigenvalue weighted by Gasteiger charge is 2.16. The SMILES string of the molecule is CN=C(NCCCOCC1CCOC1)NCC(C)CN1CCN(C)CC1.I. The first kappa shape index (κ1) is 24.9. The van der Waals surface area contributed by atoms with Crippen molar-refractivity contribution >= 4 is 29.9 Å². The lowest BCUT2D eigenvalue weighted by molar-refractivity contribution is 0.0888. The zero-order chi connectivity index (χ0) is 18.6. The van der Waals surface area contributed by atoms with Gasteiger partial charge in [0.15, 0.2) is 5.96 Å². The van der Waals surface area contributed by atoms with Crippen molar-refractivity contribution in [2.75, 3.05) is 86.3 Å². The normalized spacial score (nSPS) is 23.1. The summed E-state index contributed by atoms with van der Waals surface area (Å²) in [4.78, 5) is 9.28. The Hall–Kier alpha value is -0.160. The highest BCUT2D eigenvalue weighted by Crippen LogP contribution is 2.12. The molecule has 0 radical (unpaired) electrons. The van der Waals surface area contributed by atoms with Crippen LogP contribution in [0.3, 0.4) is 0 Å². The highest BCUT2D eigenvalue weighted by atomic mass is 127. The molecule has 0 spiro atoms. The van der Waals surface area contributed by atoms with Crippen molar-refractivity contribution in [2.24, 2.45) is 16.8 Å². The van der Waals surface area contributed by atoms with Crippen molar-refractivity contribution in [1.82, 2.24) is 20.4 Å². The number of aliphatic imine (C=N–C) groups is 1. The summed E-state index contributed by atoms with van der Waals surface area (Å²) >= 11 is 0. The summed E-state index contributed by atoms with van der Waals surface area (Å²) in [6, 6.07) is 0. The lowest BCUT2D eigenvalue weighted by Gasteiger charge is -2.34. The fourth-order valence-corrected chi connectivity index (χ4v) is 3.37. The van der Waals surface area contributed by atoms with E-state index in [4.69, 9.17) is 9.47 Å². The van der Waals surface area contributed by atoms with Crippen molar-refractivity contribution in [3.05, 3.63) is 0 Å². The smallest absolute Gasteiger partial charge is 0.190 e. The molecule has 160 valence electrons. The minimum atomic E-state index is 0. The van der Waals surface area contributed by atoms with Crippen LogP contribution in [0, 0.1) is 11.8 Å². The van der Waals surface area contributed by atoms with E-state index in [1.54, 1.807) is 0 Å². The molecule has 0 bridgehead atoms. The van der Waals surface area contributed by atoms with Crippen LogP contribution < -0.4 is 10.6 Å². The molecule has 2 saturated heterocycles. The average Bonchev–Trinajstić information content (AvgIpc) is 3.16. The number of nitrogens with zero attached hydrogens (tertiary/aromatic N) is 3. The van der Waals surface area contributed by atoms with Gasteiger partial charge in [-0.15, -0.1) is 24.0 Å². The van der Waals surface area contributed by atoms with Crippen molar-refractivity contribution in [3.63, 3.8) is 0 Å². The largest absolute Gasteiger partial charge is 0.381 e. The summed E-state index contributed by atoms with van der Waals surface area (Å²) < 4.78 is 11.1. The predicted octanol–water partition coefficient (Wildman–Crippen LogP) is 1.10. The number of guanidine groups is 1. The van der Waals surface area contributed by atoms with Crippen LogP contribution in [0.4, 0.5) is 0 Å². The molecule has 2 unspecified atom stereocenters. The van der Waals surface area contributed by atoms with Crippen LogP contribution in [0.1, 0.15) is 19.8 Å². The minimum Gasteiger partial charge on any atom is -0.381 e. The van der Waals surface area contributed by atoms with E-state index in [1.807, 2.05) is 7.05 Å². The van der Waals surface area contributed by atoms with Gasteiger partial charge in [-0.25, -0.2) is 0 Å². The Balaban J connectivity index is 0.00000364. The van der Waals surface area contributed by atoms with Crippen LogP contribution in [-0.4, -0.2) is 102 Å². The molecule has 0 aromatic rings. The van der Waals surface area contributed by atoms with Gasteiger partial charge in [0.05, 0.1) is 13.2 Å². The maximum absolute atomic E-state index is 5.73. The fraction of sp³-hybridized carbons (Fsp3) is 0.947. The van der Waals surface area contributed by atoms with E-state index in [0.29, 0.717) is 11.8 Å². The standard InChI is InChI=1S/C19H39N5O2.HI/c1-17(14-24-9-7-23(3)8-10-24)13-22-19(20-2)21-6-4-11-25-15-18-5-12-26-16-18;/h17-18H,4-16H2,1-3H3,(H2,20,21,22);1H. The molecule has 2 aliphatic heterocycles. The summed E-state index contributed by atoms with van der Waals surface area (Å²) in [7, 11) is 4.03. The van der Waals surface area contributed by atoms with Crippen molar-refractivity contribution in [2.45, 2.75) is 19.8 Å². The molecule has 2 aliphatic rings. The Morgan fingerprint density at radius 1 is 1.26 bits per heavy atom. The maximum Gasteiger partial charge on any atom is 0.190 e. The van der Waals surface area contributed by atoms with Crippen LogP contribution in [0.15, 0.2) is 4.99 Å². The van der Waals surface area contributed by atoms with Crippen LogP contribution >= 0.6 is 24.0 Å². The first-order chi connectivity index (χ1) is 12.7. The molecule has 2 rings (SSSR count). The highest BCUT2D eigenvalue weighted by molar-refractivity contribution is 14.0. The molecule has 0 amide bonds. The van der Waals surface area contributed by atoms with Gasteiger partial charge < -0.3 is 29.9 Å². The van der Waals surface area contributed by atoms with Gasteiger partial charge in [-0.05, 0) is 25.8 Å². The second kappa shape index (κ2) is 14.8. The zero-order valence-corrected chi connectivity index (χ0v) is 19.7. The van der Waals surface area contributed by atoms with E-state index in [9.17, 15) is 0 Å². The topological polar surface area (TPSA) is 61.4 Å². The molecule has 0 aromatic heterocycles. The summed E-state index contributed by atoms with van der Waals surface area (Å²) in [5, 5.41) is 6.82. The number of ether oxygens (including phenoxy) is 2. The number of halogens is 1. The number of hydrogen-bond donors (Lipinski definition) is 2. The lowest BCUT2D eigenvalue weighted by Crippen LogP contribution is -2.47. The molecule has 2 heterocycles. The van der Waals surface area contributed by atoms with Gasteiger partial charge in [0, 0.05) is 72.0 Å². The summed E-state index contributed by atoms with van der Waals surface area (Å²) in [5.74, 6) is 2.09. The Bertz CT molecular complexity index is 400. The van der Waals surface area contributed by atoms with Gasteiger partial charge in [0.25, 0.3) is 0 Å². The van der Waals surface area contributed by atoms with Gasteiger partial charge in [-0.2, -0.15) is 0 Å². The van der Waals surface area contributed by atoms with Crippen LogP contribution in [-0.2, 0) is 9.47 Å². The van der Waals surface area contributed by atoms with Crippen LogP contribution in [0.2, 0.25) is 0 Å². The Morgan fingerprint density at radius 2 is 2.04 bits per heavy atom. The van der Waals surface area contributed by atoms with Gasteiger partial charge in [0.2, 0.25) is 0 Å². The van der Waals surface area contributed by atoms with E-state index in [0.717, 1.165) is 64.9 Å². The molecule has 2 fully saturated rings. The maximum atomic E-state index is 5.73. The Morgan fingerprint density at radius 3 is 2.70 bits per heavy atom. The van der Waals surface area contributed by atoms with E-state index < -0.39 is 0 Å². The molecule has 0 saturated carbocycles. The van der Waals surface area contributed by atoms with Crippen molar-refractivity contribution in [3.8, 4) is 0 Å². The van der Waals surface area contributed by atoms with Gasteiger partial charge in [-0.3, -0.25) is 4.99 Å². The second-order valence-corrected chi connectivity index (χ2v) is 7.75. The first-order valence-corrected chi connectivity index (χ1v) is 10.2. The van der Waals surface area contributed by atoms with Gasteiger partial charge in [-0.1, -0.05) is 6.92 Å². The quantitative estimate of drug-likeness (QED) is 0.204. The van der Waals surface area contributed by atoms with Crippen LogP contribution in [0.5, 0.6) is 0 Å². The van der Waals surface area contributed by atoms with Gasteiger partial charge >= 0.3 is 0 Å². The number of nitrogens with one attached hydrogen (secondary N) is 2. The monoisotopic (exact) mass is 497 g/mol. The molecule has 2 atom stereocenters. The summed E-state index contributed by atoms with van der Waals surface area (Å²) in [6.07, 6.45) is 2.13. The second-order valence-electron chi connectivity index (χ2n) is 7.75. The molecular formula is C19H40IN5O2. The minimum absolute atomic E-state index is 0. The zero-order valence-electron chi connectivity index (χ0n) is 17.4. The Kier molecular flexibility index (Phi) is 13.6. The van der Waals surface area contributed by atoms with Gasteiger partial charge in [0.1, 0.15) is 0 Å². The summed E-state index contributed by atoms with van der Waals surface area (Å²) in [6.45, 7) is 13.4. The third kappa shape index (κ3) is 10.8. The molecule has 7 nitrogen and oxygen atoms in total. The van der Waals surface area contributed by atoms with E-state index >= 15 is 0 Å². The third-order valence-corrected chi connectivity index (χ3v) is 5.14. The molecule has 0 aliphatic carbocycles. The molecule has 2 N–H and O–H groups in total. The molecule has 0 aromatic carbocycles. The fourth-order valence-electron chi connectivity index (χ4n) is 3.37.